The van der Waals surface area contributed by atoms with Crippen LogP contribution in [-0.4, -0.2) is 24.1 Å². The Bertz CT molecular complexity index is 1550. The standard InChI is InChI=1S/C36H32N2O3S/c1-40-34(39)32(38-35-37-31-19-11-12-20-33(31)41-35)25-26-21-23-30(24-22-26)42-36(27-13-5-2-6-14-27,28-15-7-3-8-16-28)29-17-9-4-10-18-29/h2-11,13-19,21-24,32H,12,20,25H2,1H3,(H,37,38)/t32-/m0/s1. The van der Waals surface area contributed by atoms with Gasteiger partial charge in [0.15, 0.2) is 0 Å². The fourth-order valence-electron chi connectivity index (χ4n) is 5.43. The second-order valence-corrected chi connectivity index (χ2v) is 11.5. The van der Waals surface area contributed by atoms with Crippen LogP contribution in [0.5, 0.6) is 0 Å². The predicted molar refractivity (Wildman–Crippen MR) is 168 cm³/mol. The molecule has 0 saturated heterocycles. The van der Waals surface area contributed by atoms with Crippen LogP contribution < -0.4 is 5.32 Å². The van der Waals surface area contributed by atoms with Gasteiger partial charge in [-0.05, 0) is 46.9 Å². The number of hydrogen-bond acceptors (Lipinski definition) is 6. The van der Waals surface area contributed by atoms with Gasteiger partial charge in [-0.3, -0.25) is 0 Å². The van der Waals surface area contributed by atoms with E-state index in [0.717, 1.165) is 34.8 Å². The van der Waals surface area contributed by atoms with Crippen molar-refractivity contribution in [1.82, 2.24) is 4.98 Å². The SMILES string of the molecule is COC(=O)[C@H](Cc1ccc(SC(c2ccccc2)(c2ccccc2)c2ccccc2)cc1)Nc1nc2c(o1)CCC=C2. The van der Waals surface area contributed by atoms with E-state index in [0.29, 0.717) is 12.4 Å². The van der Waals surface area contributed by atoms with E-state index in [2.05, 4.69) is 132 Å². The molecule has 1 aliphatic carbocycles. The highest BCUT2D eigenvalue weighted by molar-refractivity contribution is 8.00. The van der Waals surface area contributed by atoms with Gasteiger partial charge < -0.3 is 14.5 Å². The molecule has 4 aromatic carbocycles. The lowest BCUT2D eigenvalue weighted by Crippen LogP contribution is -2.33. The number of carbonyl (C=O) groups is 1. The maximum Gasteiger partial charge on any atom is 0.328 e. The third-order valence-electron chi connectivity index (χ3n) is 7.50. The third kappa shape index (κ3) is 5.76. The van der Waals surface area contributed by atoms with Crippen molar-refractivity contribution in [2.75, 3.05) is 12.4 Å². The minimum atomic E-state index is -0.630. The monoisotopic (exact) mass is 572 g/mol. The topological polar surface area (TPSA) is 64.4 Å². The number of allylic oxidation sites excluding steroid dienone is 1. The first-order valence-corrected chi connectivity index (χ1v) is 14.9. The van der Waals surface area contributed by atoms with Gasteiger partial charge in [-0.25, -0.2) is 4.79 Å². The molecule has 210 valence electrons. The molecular formula is C36H32N2O3S. The number of oxazole rings is 1. The largest absolute Gasteiger partial charge is 0.467 e. The highest BCUT2D eigenvalue weighted by atomic mass is 32.2. The smallest absolute Gasteiger partial charge is 0.328 e. The molecule has 0 saturated carbocycles. The number of nitrogens with one attached hydrogen (secondary N) is 1. The Morgan fingerprint density at radius 3 is 1.98 bits per heavy atom. The summed E-state index contributed by atoms with van der Waals surface area (Å²) in [4.78, 5) is 18.3. The van der Waals surface area contributed by atoms with Gasteiger partial charge in [-0.15, -0.1) is 11.8 Å². The number of nitrogens with zero attached hydrogens (tertiary/aromatic N) is 1. The quantitative estimate of drug-likeness (QED) is 0.104. The zero-order valence-corrected chi connectivity index (χ0v) is 24.2. The summed E-state index contributed by atoms with van der Waals surface area (Å²) < 4.78 is 10.5. The Labute approximate surface area is 250 Å². The van der Waals surface area contributed by atoms with E-state index < -0.39 is 10.8 Å². The van der Waals surface area contributed by atoms with E-state index in [1.165, 1.54) is 23.8 Å². The van der Waals surface area contributed by atoms with E-state index >= 15 is 0 Å². The van der Waals surface area contributed by atoms with E-state index in [1.54, 1.807) is 0 Å². The number of aryl methyl sites for hydroxylation is 1. The molecule has 0 unspecified atom stereocenters. The lowest BCUT2D eigenvalue weighted by molar-refractivity contribution is -0.141. The van der Waals surface area contributed by atoms with Crippen molar-refractivity contribution in [3.05, 3.63) is 155 Å². The Morgan fingerprint density at radius 2 is 1.45 bits per heavy atom. The lowest BCUT2D eigenvalue weighted by Gasteiger charge is -2.35. The summed E-state index contributed by atoms with van der Waals surface area (Å²) in [5.74, 6) is 0.472. The summed E-state index contributed by atoms with van der Waals surface area (Å²) in [7, 11) is 1.40. The number of ether oxygens (including phenoxy) is 1. The molecule has 5 nitrogen and oxygen atoms in total. The molecule has 0 bridgehead atoms. The van der Waals surface area contributed by atoms with Gasteiger partial charge in [-0.2, -0.15) is 4.98 Å². The average Bonchev–Trinajstić information content (AvgIpc) is 3.47. The van der Waals surface area contributed by atoms with Crippen molar-refractivity contribution in [2.24, 2.45) is 0 Å². The van der Waals surface area contributed by atoms with Gasteiger partial charge >= 0.3 is 5.97 Å². The van der Waals surface area contributed by atoms with Crippen LogP contribution in [0.4, 0.5) is 6.01 Å². The molecule has 0 radical (unpaired) electrons. The summed E-state index contributed by atoms with van der Waals surface area (Å²) in [6.45, 7) is 0. The molecule has 42 heavy (non-hydrogen) atoms. The molecule has 0 fully saturated rings. The van der Waals surface area contributed by atoms with Crippen molar-refractivity contribution in [3.63, 3.8) is 0 Å². The van der Waals surface area contributed by atoms with Crippen LogP contribution in [0.3, 0.4) is 0 Å². The summed E-state index contributed by atoms with van der Waals surface area (Å²) in [6.07, 6.45) is 6.19. The molecule has 0 aliphatic heterocycles. The van der Waals surface area contributed by atoms with Gasteiger partial charge in [0, 0.05) is 17.7 Å². The third-order valence-corrected chi connectivity index (χ3v) is 9.02. The first-order chi connectivity index (χ1) is 20.7. The lowest BCUT2D eigenvalue weighted by atomic mass is 9.84. The number of anilines is 1. The Morgan fingerprint density at radius 1 is 0.881 bits per heavy atom. The van der Waals surface area contributed by atoms with Crippen molar-refractivity contribution in [1.29, 1.82) is 0 Å². The Hall–Kier alpha value is -4.55. The summed E-state index contributed by atoms with van der Waals surface area (Å²) in [5, 5.41) is 3.16. The van der Waals surface area contributed by atoms with E-state index in [1.807, 2.05) is 17.8 Å². The van der Waals surface area contributed by atoms with Crippen LogP contribution in [0.2, 0.25) is 0 Å². The molecule has 1 atom stereocenters. The zero-order valence-electron chi connectivity index (χ0n) is 23.4. The fraction of sp³-hybridized carbons (Fsp3) is 0.167. The van der Waals surface area contributed by atoms with Crippen LogP contribution in [0.15, 0.2) is 131 Å². The zero-order chi connectivity index (χ0) is 28.8. The molecule has 0 amide bonds. The van der Waals surface area contributed by atoms with Gasteiger partial charge in [-0.1, -0.05) is 109 Å². The van der Waals surface area contributed by atoms with Crippen LogP contribution >= 0.6 is 11.8 Å². The first-order valence-electron chi connectivity index (χ1n) is 14.1. The van der Waals surface area contributed by atoms with Crippen LogP contribution in [-0.2, 0) is 27.1 Å². The van der Waals surface area contributed by atoms with E-state index in [4.69, 9.17) is 9.15 Å². The number of thioether (sulfide) groups is 1. The normalized spacial score (nSPS) is 13.3. The van der Waals surface area contributed by atoms with Gasteiger partial charge in [0.05, 0.1) is 11.9 Å². The van der Waals surface area contributed by atoms with Gasteiger partial charge in [0.25, 0.3) is 6.01 Å². The average molecular weight is 573 g/mol. The van der Waals surface area contributed by atoms with Crippen LogP contribution in [0, 0.1) is 0 Å². The van der Waals surface area contributed by atoms with Gasteiger partial charge in [0.1, 0.15) is 17.5 Å². The number of carbonyl (C=O) groups excluding carboxylic acids is 1. The van der Waals surface area contributed by atoms with Crippen molar-refractivity contribution in [3.8, 4) is 0 Å². The minimum absolute atomic E-state index is 0.340. The van der Waals surface area contributed by atoms with Crippen LogP contribution in [0.25, 0.3) is 6.08 Å². The molecule has 1 heterocycles. The second-order valence-electron chi connectivity index (χ2n) is 10.2. The number of esters is 1. The maximum absolute atomic E-state index is 12.7. The summed E-state index contributed by atoms with van der Waals surface area (Å²) in [6, 6.07) is 40.1. The van der Waals surface area contributed by atoms with Crippen LogP contribution in [0.1, 0.15) is 40.1 Å². The molecular weight excluding hydrogens is 540 g/mol. The highest BCUT2D eigenvalue weighted by Gasteiger charge is 2.37. The highest BCUT2D eigenvalue weighted by Crippen LogP contribution is 2.51. The second kappa shape index (κ2) is 12.5. The number of hydrogen-bond donors (Lipinski definition) is 1. The first kappa shape index (κ1) is 27.6. The molecule has 0 spiro atoms. The minimum Gasteiger partial charge on any atom is -0.467 e. The molecule has 1 N–H and O–H groups in total. The molecule has 6 rings (SSSR count). The molecule has 5 aromatic rings. The maximum atomic E-state index is 12.7. The summed E-state index contributed by atoms with van der Waals surface area (Å²) in [5.41, 5.74) is 5.43. The van der Waals surface area contributed by atoms with Crippen molar-refractivity contribution in [2.45, 2.75) is 34.9 Å². The molecule has 1 aromatic heterocycles. The Balaban J connectivity index is 1.30. The number of benzene rings is 4. The number of rotatable bonds is 10. The molecule has 6 heteroatoms. The number of aromatic nitrogens is 1. The number of fused-ring (bicyclic) bond motifs is 1. The predicted octanol–water partition coefficient (Wildman–Crippen LogP) is 7.91. The molecule has 1 aliphatic rings. The van der Waals surface area contributed by atoms with Crippen molar-refractivity contribution >= 4 is 29.8 Å². The summed E-state index contributed by atoms with van der Waals surface area (Å²) >= 11 is 1.81. The Kier molecular flexibility index (Phi) is 8.24. The van der Waals surface area contributed by atoms with E-state index in [-0.39, 0.29) is 5.97 Å². The van der Waals surface area contributed by atoms with E-state index in [9.17, 15) is 4.79 Å². The fourth-order valence-corrected chi connectivity index (χ4v) is 6.82. The van der Waals surface area contributed by atoms with Crippen molar-refractivity contribution < 1.29 is 13.9 Å². The number of methoxy groups -OCH3 is 1. The van der Waals surface area contributed by atoms with Gasteiger partial charge in [0.2, 0.25) is 0 Å².